The summed E-state index contributed by atoms with van der Waals surface area (Å²) in [7, 11) is -3.24. The molecule has 3 heterocycles. The summed E-state index contributed by atoms with van der Waals surface area (Å²) < 4.78 is 24.7. The predicted octanol–water partition coefficient (Wildman–Crippen LogP) is 0.750. The number of nitrogens with zero attached hydrogens (tertiary/aromatic N) is 2. The molecule has 4 rings (SSSR count). The normalized spacial score (nSPS) is 24.6. The predicted molar refractivity (Wildman–Crippen MR) is 115 cm³/mol. The molecule has 1 aromatic rings. The van der Waals surface area contributed by atoms with Gasteiger partial charge in [-0.15, -0.1) is 11.8 Å². The average molecular weight is 455 g/mol. The van der Waals surface area contributed by atoms with Crippen LogP contribution in [-0.2, 0) is 19.6 Å². The summed E-state index contributed by atoms with van der Waals surface area (Å²) in [6, 6.07) is 7.76. The number of piperazine rings is 1. The van der Waals surface area contributed by atoms with Gasteiger partial charge in [0.05, 0.1) is 6.26 Å². The highest BCUT2D eigenvalue weighted by molar-refractivity contribution is 8.01. The van der Waals surface area contributed by atoms with Crippen molar-refractivity contribution in [3.05, 3.63) is 35.9 Å². The lowest BCUT2D eigenvalue weighted by molar-refractivity contribution is -0.128. The van der Waals surface area contributed by atoms with Crippen LogP contribution in [0.15, 0.2) is 40.8 Å². The average Bonchev–Trinajstić information content (AvgIpc) is 3.33. The summed E-state index contributed by atoms with van der Waals surface area (Å²) in [6.07, 6.45) is 3.03. The smallest absolute Gasteiger partial charge is 0.254 e. The van der Waals surface area contributed by atoms with Crippen molar-refractivity contribution in [2.24, 2.45) is 0 Å². The van der Waals surface area contributed by atoms with Crippen LogP contribution in [0.2, 0.25) is 0 Å². The molecule has 0 saturated carbocycles. The van der Waals surface area contributed by atoms with Crippen molar-refractivity contribution < 1.29 is 18.0 Å². The molecule has 11 heteroatoms. The van der Waals surface area contributed by atoms with Crippen LogP contribution in [-0.4, -0.2) is 78.4 Å². The molecule has 3 aliphatic heterocycles. The maximum atomic E-state index is 13.0. The minimum atomic E-state index is -3.24. The maximum Gasteiger partial charge on any atom is 0.254 e. The minimum Gasteiger partial charge on any atom is -0.364 e. The lowest BCUT2D eigenvalue weighted by Gasteiger charge is -2.34. The fourth-order valence-corrected chi connectivity index (χ4v) is 6.36. The van der Waals surface area contributed by atoms with Crippen molar-refractivity contribution in [2.75, 3.05) is 43.5 Å². The van der Waals surface area contributed by atoms with Gasteiger partial charge < -0.3 is 15.5 Å². The largest absolute Gasteiger partial charge is 0.364 e. The third-order valence-corrected chi connectivity index (χ3v) is 8.57. The van der Waals surface area contributed by atoms with Gasteiger partial charge in [-0.05, 0) is 12.1 Å². The number of benzene rings is 1. The molecule has 8 nitrogen and oxygen atoms in total. The number of thioether (sulfide) groups is 2. The molecule has 2 unspecified atom stereocenters. The number of carbonyl (C=O) groups excluding carboxylic acids is 2. The summed E-state index contributed by atoms with van der Waals surface area (Å²) in [5, 5.41) is 5.35. The maximum absolute atomic E-state index is 13.0. The Bertz CT molecular complexity index is 933. The third-order valence-electron chi connectivity index (χ3n) is 5.02. The van der Waals surface area contributed by atoms with Crippen molar-refractivity contribution in [1.82, 2.24) is 14.5 Å². The second kappa shape index (κ2) is 8.21. The molecule has 0 radical (unpaired) electrons. The summed E-state index contributed by atoms with van der Waals surface area (Å²) in [5.74, 6) is 0.357. The van der Waals surface area contributed by atoms with E-state index in [0.29, 0.717) is 37.5 Å². The second-order valence-electron chi connectivity index (χ2n) is 6.97. The van der Waals surface area contributed by atoms with Crippen molar-refractivity contribution >= 4 is 51.0 Å². The lowest BCUT2D eigenvalue weighted by Crippen LogP contribution is -2.52. The van der Waals surface area contributed by atoms with E-state index in [9.17, 15) is 18.0 Å². The number of nitrogens with one attached hydrogen (secondary N) is 2. The molecule has 2 amide bonds. The summed E-state index contributed by atoms with van der Waals surface area (Å²) in [5.41, 5.74) is 1.50. The van der Waals surface area contributed by atoms with E-state index >= 15 is 0 Å². The second-order valence-corrected chi connectivity index (χ2v) is 11.2. The Morgan fingerprint density at radius 1 is 1.17 bits per heavy atom. The molecular formula is C18H22N4O4S3. The number of anilines is 1. The van der Waals surface area contributed by atoms with E-state index < -0.39 is 20.8 Å². The first-order valence-electron chi connectivity index (χ1n) is 9.21. The zero-order valence-electron chi connectivity index (χ0n) is 15.8. The van der Waals surface area contributed by atoms with Gasteiger partial charge in [-0.1, -0.05) is 30.0 Å². The van der Waals surface area contributed by atoms with Crippen LogP contribution in [0.4, 0.5) is 5.69 Å². The Labute approximate surface area is 178 Å². The first kappa shape index (κ1) is 20.6. The Kier molecular flexibility index (Phi) is 5.83. The van der Waals surface area contributed by atoms with Crippen molar-refractivity contribution in [3.8, 4) is 0 Å². The third kappa shape index (κ3) is 4.42. The van der Waals surface area contributed by atoms with Crippen LogP contribution in [0.5, 0.6) is 0 Å². The zero-order valence-corrected chi connectivity index (χ0v) is 18.3. The highest BCUT2D eigenvalue weighted by atomic mass is 32.2. The molecule has 2 atom stereocenters. The van der Waals surface area contributed by atoms with Crippen LogP contribution in [0.1, 0.15) is 0 Å². The Hall–Kier alpha value is -1.69. The van der Waals surface area contributed by atoms with Crippen molar-refractivity contribution in [3.63, 3.8) is 0 Å². The molecule has 1 aromatic carbocycles. The molecule has 1 saturated heterocycles. The summed E-state index contributed by atoms with van der Waals surface area (Å²) in [4.78, 5) is 28.4. The number of carbonyl (C=O) groups is 2. The monoisotopic (exact) mass is 454 g/mol. The van der Waals surface area contributed by atoms with Crippen LogP contribution in [0.25, 0.3) is 0 Å². The van der Waals surface area contributed by atoms with Crippen LogP contribution in [0.3, 0.4) is 0 Å². The highest BCUT2D eigenvalue weighted by Crippen LogP contribution is 2.38. The van der Waals surface area contributed by atoms with E-state index in [1.807, 2.05) is 30.3 Å². The molecule has 156 valence electrons. The van der Waals surface area contributed by atoms with Gasteiger partial charge in [0, 0.05) is 48.1 Å². The quantitative estimate of drug-likeness (QED) is 0.693. The van der Waals surface area contributed by atoms with Crippen LogP contribution < -0.4 is 10.6 Å². The Balaban J connectivity index is 1.35. The molecule has 29 heavy (non-hydrogen) atoms. The van der Waals surface area contributed by atoms with Gasteiger partial charge in [-0.2, -0.15) is 4.31 Å². The van der Waals surface area contributed by atoms with Gasteiger partial charge in [0.2, 0.25) is 10.0 Å². The molecule has 0 aromatic heterocycles. The van der Waals surface area contributed by atoms with Gasteiger partial charge in [0.1, 0.15) is 5.37 Å². The fraction of sp³-hybridized carbons (Fsp3) is 0.444. The van der Waals surface area contributed by atoms with Gasteiger partial charge in [-0.3, -0.25) is 9.59 Å². The fourth-order valence-electron chi connectivity index (χ4n) is 3.47. The van der Waals surface area contributed by atoms with Gasteiger partial charge in [0.25, 0.3) is 11.8 Å². The number of hydrogen-bond acceptors (Lipinski definition) is 7. The minimum absolute atomic E-state index is 0.135. The van der Waals surface area contributed by atoms with E-state index in [0.717, 1.165) is 10.6 Å². The van der Waals surface area contributed by atoms with Gasteiger partial charge >= 0.3 is 0 Å². The highest BCUT2D eigenvalue weighted by Gasteiger charge is 2.35. The summed E-state index contributed by atoms with van der Waals surface area (Å²) in [6.45, 7) is 1.29. The van der Waals surface area contributed by atoms with E-state index in [2.05, 4.69) is 10.6 Å². The van der Waals surface area contributed by atoms with Crippen LogP contribution in [0, 0.1) is 0 Å². The van der Waals surface area contributed by atoms with Gasteiger partial charge in [-0.25, -0.2) is 8.42 Å². The lowest BCUT2D eigenvalue weighted by atomic mass is 10.2. The molecule has 0 spiro atoms. The molecule has 1 fully saturated rings. The summed E-state index contributed by atoms with van der Waals surface area (Å²) >= 11 is 2.96. The first-order valence-corrected chi connectivity index (χ1v) is 13.0. The van der Waals surface area contributed by atoms with Crippen molar-refractivity contribution in [1.29, 1.82) is 0 Å². The Morgan fingerprint density at radius 3 is 2.59 bits per heavy atom. The standard InChI is InChI=1S/C18H22N4O4S3/c1-29(25,26)22-9-7-21(8-10-22)18(24)12-6-11-27-16(12)20-15(23)17-19-13-4-2-3-5-14(13)28-17/h2-6,16-17,19H,7-11H2,1H3,(H,20,23). The van der Waals surface area contributed by atoms with E-state index in [1.165, 1.54) is 34.1 Å². The molecule has 0 bridgehead atoms. The van der Waals surface area contributed by atoms with Crippen molar-refractivity contribution in [2.45, 2.75) is 15.6 Å². The topological polar surface area (TPSA) is 98.8 Å². The number of para-hydroxylation sites is 1. The van der Waals surface area contributed by atoms with E-state index in [4.69, 9.17) is 0 Å². The Morgan fingerprint density at radius 2 is 1.90 bits per heavy atom. The zero-order chi connectivity index (χ0) is 20.6. The van der Waals surface area contributed by atoms with E-state index in [1.54, 1.807) is 4.90 Å². The molecular weight excluding hydrogens is 432 g/mol. The molecule has 3 aliphatic rings. The number of fused-ring (bicyclic) bond motifs is 1. The molecule has 2 N–H and O–H groups in total. The SMILES string of the molecule is CS(=O)(=O)N1CCN(C(=O)C2=CCSC2NC(=O)C2Nc3ccccc3S2)CC1. The molecule has 0 aliphatic carbocycles. The number of rotatable bonds is 4. The van der Waals surface area contributed by atoms with E-state index in [-0.39, 0.29) is 11.8 Å². The number of hydrogen-bond donors (Lipinski definition) is 2. The first-order chi connectivity index (χ1) is 13.8. The number of sulfonamides is 1. The van der Waals surface area contributed by atoms with Gasteiger partial charge in [0.15, 0.2) is 5.37 Å². The van der Waals surface area contributed by atoms with Crippen LogP contribution >= 0.6 is 23.5 Å². The number of amides is 2.